The minimum Gasteiger partial charge on any atom is -0.385 e. The second kappa shape index (κ2) is 6.46. The molecule has 0 amide bonds. The predicted molar refractivity (Wildman–Crippen MR) is 62.1 cm³/mol. The number of hydrogen-bond acceptors (Lipinski definition) is 3. The first-order chi connectivity index (χ1) is 7.25. The maximum Gasteiger partial charge on any atom is 0.0471 e. The van der Waals surface area contributed by atoms with Gasteiger partial charge in [0.15, 0.2) is 0 Å². The third-order valence-corrected chi connectivity index (χ3v) is 3.82. The van der Waals surface area contributed by atoms with E-state index in [1.165, 1.54) is 12.8 Å². The van der Waals surface area contributed by atoms with Crippen molar-refractivity contribution >= 4 is 0 Å². The Kier molecular flexibility index (Phi) is 5.58. The maximum absolute atomic E-state index is 5.47. The zero-order valence-corrected chi connectivity index (χ0v) is 10.3. The molecule has 0 spiro atoms. The molecule has 1 heterocycles. The van der Waals surface area contributed by atoms with Crippen LogP contribution in [-0.4, -0.2) is 40.5 Å². The first-order valence-electron chi connectivity index (χ1n) is 5.96. The Bertz CT molecular complexity index is 161. The van der Waals surface area contributed by atoms with Gasteiger partial charge in [-0.2, -0.15) is 0 Å². The summed E-state index contributed by atoms with van der Waals surface area (Å²) in [5.74, 6) is 0.703. The highest BCUT2D eigenvalue weighted by Gasteiger charge is 2.36. The molecular formula is C12H25NO2. The smallest absolute Gasteiger partial charge is 0.0471 e. The van der Waals surface area contributed by atoms with Gasteiger partial charge in [-0.05, 0) is 37.6 Å². The van der Waals surface area contributed by atoms with Gasteiger partial charge < -0.3 is 14.8 Å². The normalized spacial score (nSPS) is 22.6. The molecule has 1 rings (SSSR count). The molecule has 0 aromatic rings. The lowest BCUT2D eigenvalue weighted by molar-refractivity contribution is -0.0199. The monoisotopic (exact) mass is 215 g/mol. The Morgan fingerprint density at radius 1 is 1.40 bits per heavy atom. The van der Waals surface area contributed by atoms with Gasteiger partial charge in [-0.25, -0.2) is 0 Å². The third-order valence-electron chi connectivity index (χ3n) is 3.82. The average Bonchev–Trinajstić information content (AvgIpc) is 2.27. The van der Waals surface area contributed by atoms with Crippen LogP contribution in [0.2, 0.25) is 0 Å². The number of hydrogen-bond donors (Lipinski definition) is 1. The fourth-order valence-corrected chi connectivity index (χ4v) is 2.57. The molecule has 1 aliphatic heterocycles. The van der Waals surface area contributed by atoms with Crippen LogP contribution in [0.4, 0.5) is 0 Å². The molecule has 0 aliphatic carbocycles. The van der Waals surface area contributed by atoms with Crippen molar-refractivity contribution in [3.05, 3.63) is 0 Å². The van der Waals surface area contributed by atoms with Crippen molar-refractivity contribution < 1.29 is 9.47 Å². The average molecular weight is 215 g/mol. The maximum atomic E-state index is 5.47. The van der Waals surface area contributed by atoms with Crippen molar-refractivity contribution in [3.63, 3.8) is 0 Å². The Balaban J connectivity index is 2.53. The Hall–Kier alpha value is -0.120. The lowest BCUT2D eigenvalue weighted by Gasteiger charge is -2.42. The molecular weight excluding hydrogens is 190 g/mol. The van der Waals surface area contributed by atoms with Crippen LogP contribution in [-0.2, 0) is 9.47 Å². The Morgan fingerprint density at radius 3 is 2.60 bits per heavy atom. The molecule has 0 bridgehead atoms. The molecule has 1 atom stereocenters. The number of rotatable bonds is 6. The van der Waals surface area contributed by atoms with Gasteiger partial charge in [0, 0.05) is 33.5 Å². The van der Waals surface area contributed by atoms with Crippen LogP contribution < -0.4 is 5.32 Å². The molecule has 1 fully saturated rings. The van der Waals surface area contributed by atoms with Crippen LogP contribution >= 0.6 is 0 Å². The van der Waals surface area contributed by atoms with Gasteiger partial charge in [-0.15, -0.1) is 0 Å². The fourth-order valence-electron chi connectivity index (χ4n) is 2.57. The number of ether oxygens (including phenoxy) is 2. The lowest BCUT2D eigenvalue weighted by atomic mass is 9.69. The van der Waals surface area contributed by atoms with Crippen LogP contribution in [0.1, 0.15) is 26.2 Å². The van der Waals surface area contributed by atoms with E-state index in [2.05, 4.69) is 12.2 Å². The summed E-state index contributed by atoms with van der Waals surface area (Å²) in [6.07, 6.45) is 3.51. The predicted octanol–water partition coefficient (Wildman–Crippen LogP) is 1.68. The van der Waals surface area contributed by atoms with E-state index in [0.717, 1.165) is 32.8 Å². The zero-order valence-electron chi connectivity index (χ0n) is 10.3. The van der Waals surface area contributed by atoms with Crippen LogP contribution in [0.25, 0.3) is 0 Å². The van der Waals surface area contributed by atoms with Gasteiger partial charge in [0.25, 0.3) is 0 Å². The van der Waals surface area contributed by atoms with E-state index >= 15 is 0 Å². The van der Waals surface area contributed by atoms with Crippen LogP contribution in [0.15, 0.2) is 0 Å². The Labute approximate surface area is 93.5 Å². The second-order valence-electron chi connectivity index (χ2n) is 4.69. The van der Waals surface area contributed by atoms with E-state index in [-0.39, 0.29) is 0 Å². The minimum atomic E-state index is 0.422. The van der Waals surface area contributed by atoms with Gasteiger partial charge in [0.05, 0.1) is 0 Å². The highest BCUT2D eigenvalue weighted by molar-refractivity contribution is 4.88. The van der Waals surface area contributed by atoms with Gasteiger partial charge in [-0.3, -0.25) is 0 Å². The molecule has 1 saturated heterocycles. The standard InChI is InChI=1S/C12H25NO2/c1-11(4-7-14-3)12(10-13-2)5-8-15-9-6-12/h11,13H,4-10H2,1-3H3. The number of nitrogens with one attached hydrogen (secondary N) is 1. The molecule has 3 nitrogen and oxygen atoms in total. The highest BCUT2D eigenvalue weighted by atomic mass is 16.5. The molecule has 3 heteroatoms. The van der Waals surface area contributed by atoms with Crippen LogP contribution in [0, 0.1) is 11.3 Å². The highest BCUT2D eigenvalue weighted by Crippen LogP contribution is 2.39. The van der Waals surface area contributed by atoms with Crippen LogP contribution in [0.5, 0.6) is 0 Å². The van der Waals surface area contributed by atoms with Crippen molar-refractivity contribution in [1.82, 2.24) is 5.32 Å². The summed E-state index contributed by atoms with van der Waals surface area (Å²) in [5, 5.41) is 3.34. The summed E-state index contributed by atoms with van der Waals surface area (Å²) >= 11 is 0. The molecule has 1 aliphatic rings. The van der Waals surface area contributed by atoms with Crippen molar-refractivity contribution in [2.45, 2.75) is 26.2 Å². The summed E-state index contributed by atoms with van der Waals surface area (Å²) in [6.45, 7) is 6.15. The third kappa shape index (κ3) is 3.44. The SMILES string of the molecule is CNCC1(C(C)CCOC)CCOCC1. The van der Waals surface area contributed by atoms with E-state index in [0.29, 0.717) is 11.3 Å². The molecule has 0 saturated carbocycles. The van der Waals surface area contributed by atoms with E-state index in [9.17, 15) is 0 Å². The van der Waals surface area contributed by atoms with Gasteiger partial charge in [0.1, 0.15) is 0 Å². The molecule has 0 aromatic carbocycles. The topological polar surface area (TPSA) is 30.5 Å². The minimum absolute atomic E-state index is 0.422. The van der Waals surface area contributed by atoms with Crippen molar-refractivity contribution in [2.75, 3.05) is 40.5 Å². The van der Waals surface area contributed by atoms with Crippen LogP contribution in [0.3, 0.4) is 0 Å². The van der Waals surface area contributed by atoms with Crippen molar-refractivity contribution in [1.29, 1.82) is 0 Å². The van der Waals surface area contributed by atoms with Gasteiger partial charge in [0.2, 0.25) is 0 Å². The Morgan fingerprint density at radius 2 is 2.07 bits per heavy atom. The molecule has 1 unspecified atom stereocenters. The quantitative estimate of drug-likeness (QED) is 0.731. The second-order valence-corrected chi connectivity index (χ2v) is 4.69. The fraction of sp³-hybridized carbons (Fsp3) is 1.00. The van der Waals surface area contributed by atoms with Crippen molar-refractivity contribution in [3.8, 4) is 0 Å². The molecule has 0 radical (unpaired) electrons. The van der Waals surface area contributed by atoms with Gasteiger partial charge in [-0.1, -0.05) is 6.92 Å². The summed E-state index contributed by atoms with van der Waals surface area (Å²) in [5.41, 5.74) is 0.422. The summed E-state index contributed by atoms with van der Waals surface area (Å²) in [4.78, 5) is 0. The first kappa shape index (κ1) is 12.9. The molecule has 90 valence electrons. The van der Waals surface area contributed by atoms with E-state index in [1.54, 1.807) is 7.11 Å². The molecule has 15 heavy (non-hydrogen) atoms. The van der Waals surface area contributed by atoms with Gasteiger partial charge >= 0.3 is 0 Å². The van der Waals surface area contributed by atoms with E-state index in [1.807, 2.05) is 7.05 Å². The summed E-state index contributed by atoms with van der Waals surface area (Å²) in [7, 11) is 3.82. The molecule has 1 N–H and O–H groups in total. The zero-order chi connectivity index (χ0) is 11.1. The van der Waals surface area contributed by atoms with Crippen molar-refractivity contribution in [2.24, 2.45) is 11.3 Å². The first-order valence-corrected chi connectivity index (χ1v) is 5.96. The van der Waals surface area contributed by atoms with E-state index < -0.39 is 0 Å². The summed E-state index contributed by atoms with van der Waals surface area (Å²) < 4.78 is 10.6. The molecule has 0 aromatic heterocycles. The van der Waals surface area contributed by atoms with E-state index in [4.69, 9.17) is 9.47 Å². The number of methoxy groups -OCH3 is 1. The largest absolute Gasteiger partial charge is 0.385 e. The lowest BCUT2D eigenvalue weighted by Crippen LogP contribution is -2.43. The summed E-state index contributed by atoms with van der Waals surface area (Å²) in [6, 6.07) is 0.